The Kier molecular flexibility index (Phi) is 8.54. The monoisotopic (exact) mass is 639 g/mol. The van der Waals surface area contributed by atoms with E-state index >= 15 is 0 Å². The van der Waals surface area contributed by atoms with Crippen molar-refractivity contribution < 1.29 is 27.7 Å². The van der Waals surface area contributed by atoms with Gasteiger partial charge in [0.15, 0.2) is 6.29 Å². The van der Waals surface area contributed by atoms with E-state index in [0.29, 0.717) is 10.0 Å². The molecule has 7 nitrogen and oxygen atoms in total. The summed E-state index contributed by atoms with van der Waals surface area (Å²) in [5.41, 5.74) is 0.738. The van der Waals surface area contributed by atoms with E-state index in [1.807, 2.05) is 36.4 Å². The molecule has 0 spiro atoms. The lowest BCUT2D eigenvalue weighted by atomic mass is 9.95. The molecule has 3 heterocycles. The molecule has 2 saturated heterocycles. The molecule has 0 amide bonds. The fraction of sp³-hybridized carbons (Fsp3) is 0.286. The van der Waals surface area contributed by atoms with Crippen LogP contribution in [0.2, 0.25) is 15.1 Å². The first-order valence-corrected chi connectivity index (χ1v) is 14.5. The summed E-state index contributed by atoms with van der Waals surface area (Å²) in [4.78, 5) is 0.815. The van der Waals surface area contributed by atoms with E-state index in [1.165, 1.54) is 11.8 Å². The second-order valence-corrected chi connectivity index (χ2v) is 11.8. The Bertz CT molecular complexity index is 1530. The Morgan fingerprint density at radius 2 is 1.73 bits per heavy atom. The molecule has 3 unspecified atom stereocenters. The van der Waals surface area contributed by atoms with Gasteiger partial charge in [0.05, 0.1) is 22.8 Å². The van der Waals surface area contributed by atoms with Gasteiger partial charge < -0.3 is 18.9 Å². The fourth-order valence-electron chi connectivity index (χ4n) is 4.94. The Morgan fingerprint density at radius 1 is 0.976 bits per heavy atom. The van der Waals surface area contributed by atoms with E-state index in [4.69, 9.17) is 53.8 Å². The van der Waals surface area contributed by atoms with E-state index in [1.54, 1.807) is 30.1 Å². The van der Waals surface area contributed by atoms with Crippen molar-refractivity contribution in [3.63, 3.8) is 0 Å². The highest BCUT2D eigenvalue weighted by atomic mass is 35.5. The quantitative estimate of drug-likeness (QED) is 0.204. The second kappa shape index (κ2) is 12.1. The number of benzene rings is 3. The summed E-state index contributed by atoms with van der Waals surface area (Å²) in [6.45, 7) is 0.241. The second-order valence-electron chi connectivity index (χ2n) is 9.44. The van der Waals surface area contributed by atoms with E-state index in [2.05, 4.69) is 10.3 Å². The Balaban J connectivity index is 1.37. The summed E-state index contributed by atoms with van der Waals surface area (Å²) in [7, 11) is 1.57. The topological polar surface area (TPSA) is 67.6 Å². The minimum absolute atomic E-state index is 0.185. The largest absolute Gasteiger partial charge is 0.375 e. The zero-order valence-corrected chi connectivity index (χ0v) is 24.4. The highest BCUT2D eigenvalue weighted by Crippen LogP contribution is 2.45. The lowest BCUT2D eigenvalue weighted by Gasteiger charge is -2.48. The predicted octanol–water partition coefficient (Wildman–Crippen LogP) is 7.37. The first-order chi connectivity index (χ1) is 19.8. The SMILES string of the molecule is COC1[C@@H](Sc2ccc(Cl)c(Cl)c2)OC2COC(c3ccccc3)O[C@@H]2[C@@H]1n1cc(-c2cc(F)c(Cl)c(F)c2)nn1. The van der Waals surface area contributed by atoms with Crippen LogP contribution in [0.15, 0.2) is 71.8 Å². The fourth-order valence-corrected chi connectivity index (χ4v) is 6.61. The zero-order valence-electron chi connectivity index (χ0n) is 21.3. The van der Waals surface area contributed by atoms with Crippen LogP contribution in [0.5, 0.6) is 0 Å². The van der Waals surface area contributed by atoms with Gasteiger partial charge in [-0.15, -0.1) is 5.10 Å². The minimum Gasteiger partial charge on any atom is -0.375 e. The summed E-state index contributed by atoms with van der Waals surface area (Å²) in [6, 6.07) is 16.5. The van der Waals surface area contributed by atoms with Gasteiger partial charge in [-0.25, -0.2) is 13.5 Å². The predicted molar refractivity (Wildman–Crippen MR) is 151 cm³/mol. The molecule has 0 N–H and O–H groups in total. The van der Waals surface area contributed by atoms with Crippen LogP contribution in [0.25, 0.3) is 11.3 Å². The third-order valence-corrected chi connectivity index (χ3v) is 9.13. The maximum absolute atomic E-state index is 14.2. The van der Waals surface area contributed by atoms with Crippen LogP contribution >= 0.6 is 46.6 Å². The van der Waals surface area contributed by atoms with Gasteiger partial charge in [-0.2, -0.15) is 0 Å². The van der Waals surface area contributed by atoms with E-state index < -0.39 is 52.7 Å². The number of aromatic nitrogens is 3. The van der Waals surface area contributed by atoms with Crippen LogP contribution in [-0.2, 0) is 18.9 Å². The van der Waals surface area contributed by atoms with Crippen molar-refractivity contribution in [3.8, 4) is 11.3 Å². The van der Waals surface area contributed by atoms with Gasteiger partial charge in [0.25, 0.3) is 0 Å². The standard InChI is InChI=1S/C28H22Cl3F2N3O4S/c1-37-26-24(36-12-21(34-35-36)15-9-19(32)23(31)20(33)10-15)25-22(13-38-27(40-25)14-5-3-2-4-6-14)39-28(26)41-16-7-8-17(29)18(30)11-16/h2-12,22,24-28H,13H2,1H3/t22?,24-,25-,26?,27?,28+/m0/s1. The highest BCUT2D eigenvalue weighted by Gasteiger charge is 2.52. The van der Waals surface area contributed by atoms with Crippen LogP contribution in [0.3, 0.4) is 0 Å². The van der Waals surface area contributed by atoms with E-state index in [-0.39, 0.29) is 17.9 Å². The molecule has 214 valence electrons. The maximum Gasteiger partial charge on any atom is 0.184 e. The van der Waals surface area contributed by atoms with Crippen molar-refractivity contribution in [2.24, 2.45) is 0 Å². The van der Waals surface area contributed by atoms with Gasteiger partial charge in [0, 0.05) is 23.1 Å². The molecular formula is C28H22Cl3F2N3O4S. The molecule has 1 aromatic heterocycles. The van der Waals surface area contributed by atoms with Crippen molar-refractivity contribution >= 4 is 46.6 Å². The average molecular weight is 641 g/mol. The van der Waals surface area contributed by atoms with Gasteiger partial charge in [-0.3, -0.25) is 0 Å². The molecule has 0 saturated carbocycles. The summed E-state index contributed by atoms with van der Waals surface area (Å²) in [5, 5.41) is 8.80. The normalized spacial score (nSPS) is 26.1. The van der Waals surface area contributed by atoms with Gasteiger partial charge in [-0.05, 0) is 30.3 Å². The van der Waals surface area contributed by atoms with Gasteiger partial charge in [0.1, 0.15) is 52.1 Å². The first kappa shape index (κ1) is 28.8. The number of methoxy groups -OCH3 is 1. The third kappa shape index (κ3) is 5.85. The molecule has 13 heteroatoms. The van der Waals surface area contributed by atoms with Crippen LogP contribution in [0, 0.1) is 11.6 Å². The van der Waals surface area contributed by atoms with Gasteiger partial charge in [0.2, 0.25) is 0 Å². The summed E-state index contributed by atoms with van der Waals surface area (Å²) >= 11 is 19.5. The minimum atomic E-state index is -0.895. The molecule has 2 aliphatic rings. The van der Waals surface area contributed by atoms with E-state index in [9.17, 15) is 8.78 Å². The molecule has 41 heavy (non-hydrogen) atoms. The van der Waals surface area contributed by atoms with Crippen LogP contribution < -0.4 is 0 Å². The molecule has 0 aliphatic carbocycles. The van der Waals surface area contributed by atoms with Crippen molar-refractivity contribution in [1.82, 2.24) is 15.0 Å². The molecule has 4 aromatic rings. The Hall–Kier alpha value is -2.28. The third-order valence-electron chi connectivity index (χ3n) is 6.89. The first-order valence-electron chi connectivity index (χ1n) is 12.5. The van der Waals surface area contributed by atoms with E-state index in [0.717, 1.165) is 22.6 Å². The van der Waals surface area contributed by atoms with Crippen molar-refractivity contribution in [2.75, 3.05) is 13.7 Å². The molecule has 6 rings (SSSR count). The number of rotatable bonds is 6. The molecule has 0 radical (unpaired) electrons. The number of fused-ring (bicyclic) bond motifs is 1. The lowest BCUT2D eigenvalue weighted by molar-refractivity contribution is -0.308. The summed E-state index contributed by atoms with van der Waals surface area (Å²) in [5.74, 6) is -1.79. The number of hydrogen-bond acceptors (Lipinski definition) is 7. The molecule has 3 aromatic carbocycles. The van der Waals surface area contributed by atoms with Crippen molar-refractivity contribution in [3.05, 3.63) is 99.1 Å². The molecule has 2 aliphatic heterocycles. The van der Waals surface area contributed by atoms with Crippen molar-refractivity contribution in [1.29, 1.82) is 0 Å². The smallest absolute Gasteiger partial charge is 0.184 e. The number of nitrogens with zero attached hydrogens (tertiary/aromatic N) is 3. The maximum atomic E-state index is 14.2. The summed E-state index contributed by atoms with van der Waals surface area (Å²) in [6.07, 6.45) is -0.720. The highest BCUT2D eigenvalue weighted by molar-refractivity contribution is 7.99. The zero-order chi connectivity index (χ0) is 28.7. The average Bonchev–Trinajstić information content (AvgIpc) is 3.47. The van der Waals surface area contributed by atoms with Gasteiger partial charge >= 0.3 is 0 Å². The molecular weight excluding hydrogens is 619 g/mol. The number of ether oxygens (including phenoxy) is 4. The number of hydrogen-bond donors (Lipinski definition) is 0. The summed E-state index contributed by atoms with van der Waals surface area (Å²) < 4.78 is 55.0. The Morgan fingerprint density at radius 3 is 2.44 bits per heavy atom. The number of thioether (sulfide) groups is 1. The van der Waals surface area contributed by atoms with Crippen molar-refractivity contribution in [2.45, 2.75) is 41.0 Å². The number of halogens is 5. The van der Waals surface area contributed by atoms with Crippen LogP contribution in [0.1, 0.15) is 17.9 Å². The molecule has 6 atom stereocenters. The lowest BCUT2D eigenvalue weighted by Crippen LogP contribution is -2.59. The Labute approximate surface area is 253 Å². The van der Waals surface area contributed by atoms with Crippen LogP contribution in [-0.4, -0.2) is 52.5 Å². The van der Waals surface area contributed by atoms with Crippen LogP contribution in [0.4, 0.5) is 8.78 Å². The molecule has 0 bridgehead atoms. The van der Waals surface area contributed by atoms with Gasteiger partial charge in [-0.1, -0.05) is 82.1 Å². The molecule has 2 fully saturated rings.